The molecule has 7 heteroatoms. The fraction of sp³-hybridized carbons (Fsp3) is 0.389. The molecule has 1 fully saturated rings. The van der Waals surface area contributed by atoms with Gasteiger partial charge in [-0.3, -0.25) is 5.10 Å². The highest BCUT2D eigenvalue weighted by molar-refractivity contribution is 5.56. The average Bonchev–Trinajstić information content (AvgIpc) is 3.36. The third kappa shape index (κ3) is 3.41. The number of nitrogens with one attached hydrogen (secondary N) is 2. The van der Waals surface area contributed by atoms with Crippen molar-refractivity contribution < 1.29 is 4.42 Å². The van der Waals surface area contributed by atoms with Crippen molar-refractivity contribution in [2.24, 2.45) is 0 Å². The maximum atomic E-state index is 5.70. The van der Waals surface area contributed by atoms with E-state index in [0.29, 0.717) is 6.04 Å². The van der Waals surface area contributed by atoms with E-state index in [-0.39, 0.29) is 0 Å². The molecule has 1 atom stereocenters. The van der Waals surface area contributed by atoms with E-state index in [0.717, 1.165) is 48.2 Å². The molecule has 7 nitrogen and oxygen atoms in total. The molecule has 25 heavy (non-hydrogen) atoms. The van der Waals surface area contributed by atoms with Gasteiger partial charge in [0.1, 0.15) is 11.5 Å². The first kappa shape index (κ1) is 15.8. The Bertz CT molecular complexity index is 812. The van der Waals surface area contributed by atoms with Crippen molar-refractivity contribution in [2.75, 3.05) is 18.0 Å². The highest BCUT2D eigenvalue weighted by Gasteiger charge is 2.25. The van der Waals surface area contributed by atoms with E-state index in [1.165, 1.54) is 12.8 Å². The largest absolute Gasteiger partial charge is 0.460 e. The van der Waals surface area contributed by atoms with Crippen LogP contribution in [0.2, 0.25) is 0 Å². The first-order valence-corrected chi connectivity index (χ1v) is 8.65. The number of aromatic nitrogens is 4. The molecule has 4 rings (SSSR count). The van der Waals surface area contributed by atoms with Crippen LogP contribution in [0.15, 0.2) is 41.1 Å². The Hall–Kier alpha value is -2.67. The summed E-state index contributed by atoms with van der Waals surface area (Å²) >= 11 is 0. The SMILES string of the molecule is Cc1ccc(-c2[nH]ncc2CNC[C@H]2CCCN2c2cccnn2)o1. The molecule has 0 spiro atoms. The molecular formula is C18H22N6O. The summed E-state index contributed by atoms with van der Waals surface area (Å²) in [4.78, 5) is 2.34. The zero-order chi connectivity index (χ0) is 17.1. The molecule has 0 unspecified atom stereocenters. The number of furan rings is 1. The van der Waals surface area contributed by atoms with E-state index in [1.54, 1.807) is 6.20 Å². The zero-order valence-electron chi connectivity index (χ0n) is 14.3. The van der Waals surface area contributed by atoms with Gasteiger partial charge in [-0.25, -0.2) is 0 Å². The smallest absolute Gasteiger partial charge is 0.152 e. The minimum absolute atomic E-state index is 0.443. The number of aromatic amines is 1. The molecule has 0 bridgehead atoms. The summed E-state index contributed by atoms with van der Waals surface area (Å²) in [5, 5.41) is 19.0. The summed E-state index contributed by atoms with van der Waals surface area (Å²) < 4.78 is 5.70. The first-order valence-electron chi connectivity index (χ1n) is 8.65. The molecule has 0 amide bonds. The van der Waals surface area contributed by atoms with Crippen molar-refractivity contribution in [1.29, 1.82) is 0 Å². The molecule has 3 aromatic heterocycles. The summed E-state index contributed by atoms with van der Waals surface area (Å²) in [5.41, 5.74) is 2.05. The maximum Gasteiger partial charge on any atom is 0.152 e. The molecule has 0 radical (unpaired) electrons. The second-order valence-corrected chi connectivity index (χ2v) is 6.38. The average molecular weight is 338 g/mol. The van der Waals surface area contributed by atoms with E-state index in [2.05, 4.69) is 30.6 Å². The van der Waals surface area contributed by atoms with E-state index < -0.39 is 0 Å². The molecule has 1 aliphatic rings. The third-order valence-corrected chi connectivity index (χ3v) is 4.63. The predicted octanol–water partition coefficient (Wildman–Crippen LogP) is 2.53. The van der Waals surface area contributed by atoms with Gasteiger partial charge in [-0.15, -0.1) is 5.10 Å². The fourth-order valence-corrected chi connectivity index (χ4v) is 3.40. The molecular weight excluding hydrogens is 316 g/mol. The lowest BCUT2D eigenvalue weighted by atomic mass is 10.2. The van der Waals surface area contributed by atoms with Gasteiger partial charge in [0.05, 0.1) is 6.20 Å². The lowest BCUT2D eigenvalue weighted by molar-refractivity contribution is 0.543. The van der Waals surface area contributed by atoms with Gasteiger partial charge in [0.15, 0.2) is 11.6 Å². The van der Waals surface area contributed by atoms with Gasteiger partial charge in [-0.05, 0) is 44.0 Å². The second-order valence-electron chi connectivity index (χ2n) is 6.38. The lowest BCUT2D eigenvalue weighted by Gasteiger charge is -2.25. The quantitative estimate of drug-likeness (QED) is 0.719. The Labute approximate surface area is 146 Å². The molecule has 2 N–H and O–H groups in total. The molecule has 0 aliphatic carbocycles. The normalized spacial score (nSPS) is 17.3. The van der Waals surface area contributed by atoms with E-state index >= 15 is 0 Å². The number of anilines is 1. The van der Waals surface area contributed by atoms with Crippen LogP contribution >= 0.6 is 0 Å². The first-order chi connectivity index (χ1) is 12.3. The Morgan fingerprint density at radius 3 is 3.12 bits per heavy atom. The van der Waals surface area contributed by atoms with Crippen molar-refractivity contribution >= 4 is 5.82 Å². The van der Waals surface area contributed by atoms with E-state index in [1.807, 2.05) is 37.4 Å². The van der Waals surface area contributed by atoms with Crippen molar-refractivity contribution in [3.8, 4) is 11.5 Å². The second kappa shape index (κ2) is 7.06. The summed E-state index contributed by atoms with van der Waals surface area (Å²) in [6.07, 6.45) is 5.92. The number of hydrogen-bond acceptors (Lipinski definition) is 6. The Balaban J connectivity index is 1.38. The Morgan fingerprint density at radius 2 is 2.32 bits per heavy atom. The molecule has 1 saturated heterocycles. The highest BCUT2D eigenvalue weighted by Crippen LogP contribution is 2.24. The molecule has 0 saturated carbocycles. The molecule has 1 aliphatic heterocycles. The molecule has 130 valence electrons. The van der Waals surface area contributed by atoms with Crippen molar-refractivity contribution in [3.05, 3.63) is 48.0 Å². The summed E-state index contributed by atoms with van der Waals surface area (Å²) in [5.74, 6) is 2.68. The Morgan fingerprint density at radius 1 is 1.36 bits per heavy atom. The zero-order valence-corrected chi connectivity index (χ0v) is 14.3. The van der Waals surface area contributed by atoms with Crippen molar-refractivity contribution in [1.82, 2.24) is 25.7 Å². The predicted molar refractivity (Wildman–Crippen MR) is 95.1 cm³/mol. The van der Waals surface area contributed by atoms with E-state index in [4.69, 9.17) is 4.42 Å². The van der Waals surface area contributed by atoms with Crippen LogP contribution in [0.3, 0.4) is 0 Å². The van der Waals surface area contributed by atoms with Crippen LogP contribution in [-0.4, -0.2) is 39.5 Å². The van der Waals surface area contributed by atoms with Gasteiger partial charge in [0.2, 0.25) is 0 Å². The van der Waals surface area contributed by atoms with Crippen LogP contribution in [-0.2, 0) is 6.54 Å². The number of aryl methyl sites for hydroxylation is 1. The van der Waals surface area contributed by atoms with Gasteiger partial charge < -0.3 is 14.6 Å². The molecule has 0 aromatic carbocycles. The lowest BCUT2D eigenvalue weighted by Crippen LogP contribution is -2.38. The maximum absolute atomic E-state index is 5.70. The van der Waals surface area contributed by atoms with Crippen molar-refractivity contribution in [2.45, 2.75) is 32.4 Å². The molecule has 3 aromatic rings. The molecule has 4 heterocycles. The van der Waals surface area contributed by atoms with Crippen LogP contribution in [0.4, 0.5) is 5.82 Å². The van der Waals surface area contributed by atoms with Crippen LogP contribution in [0.1, 0.15) is 24.2 Å². The fourth-order valence-electron chi connectivity index (χ4n) is 3.40. The topological polar surface area (TPSA) is 82.9 Å². The van der Waals surface area contributed by atoms with Gasteiger partial charge in [0, 0.05) is 37.4 Å². The van der Waals surface area contributed by atoms with Crippen molar-refractivity contribution in [3.63, 3.8) is 0 Å². The summed E-state index contributed by atoms with van der Waals surface area (Å²) in [6, 6.07) is 8.34. The highest BCUT2D eigenvalue weighted by atomic mass is 16.3. The number of rotatable bonds is 6. The Kier molecular flexibility index (Phi) is 4.47. The van der Waals surface area contributed by atoms with Gasteiger partial charge in [-0.1, -0.05) is 0 Å². The third-order valence-electron chi connectivity index (χ3n) is 4.63. The van der Waals surface area contributed by atoms with Crippen LogP contribution < -0.4 is 10.2 Å². The minimum atomic E-state index is 0.443. The number of hydrogen-bond donors (Lipinski definition) is 2. The van der Waals surface area contributed by atoms with Crippen LogP contribution in [0.25, 0.3) is 11.5 Å². The van der Waals surface area contributed by atoms with E-state index in [9.17, 15) is 0 Å². The van der Waals surface area contributed by atoms with Crippen LogP contribution in [0.5, 0.6) is 0 Å². The number of nitrogens with zero attached hydrogens (tertiary/aromatic N) is 4. The standard InChI is InChI=1S/C18H22N6O/c1-13-6-7-16(25-13)18-14(11-21-23-18)10-19-12-15-4-3-9-24(15)17-5-2-8-20-22-17/h2,5-8,11,15,19H,3-4,9-10,12H2,1H3,(H,21,23)/t15-/m1/s1. The van der Waals surface area contributed by atoms with Gasteiger partial charge in [-0.2, -0.15) is 10.2 Å². The van der Waals surface area contributed by atoms with Crippen LogP contribution in [0, 0.1) is 6.92 Å². The summed E-state index contributed by atoms with van der Waals surface area (Å²) in [7, 11) is 0. The number of H-pyrrole nitrogens is 1. The summed E-state index contributed by atoms with van der Waals surface area (Å²) in [6.45, 7) is 4.63. The minimum Gasteiger partial charge on any atom is -0.460 e. The monoisotopic (exact) mass is 338 g/mol. The van der Waals surface area contributed by atoms with Gasteiger partial charge >= 0.3 is 0 Å². The van der Waals surface area contributed by atoms with Gasteiger partial charge in [0.25, 0.3) is 0 Å².